The molecule has 0 unspecified atom stereocenters. The number of aromatic amines is 1. The third kappa shape index (κ3) is 6.03. The lowest BCUT2D eigenvalue weighted by atomic mass is 10.0. The molecule has 1 amide bonds. The Morgan fingerprint density at radius 2 is 1.89 bits per heavy atom. The number of halogens is 3. The van der Waals surface area contributed by atoms with Gasteiger partial charge in [-0.25, -0.2) is 9.78 Å². The van der Waals surface area contributed by atoms with Gasteiger partial charge in [-0.2, -0.15) is 18.3 Å². The number of pyridine rings is 1. The number of amides is 1. The van der Waals surface area contributed by atoms with Crippen molar-refractivity contribution in [2.45, 2.75) is 6.18 Å². The summed E-state index contributed by atoms with van der Waals surface area (Å²) in [5.41, 5.74) is 9.11. The molecule has 5 rings (SSSR count). The highest BCUT2D eigenvalue weighted by Gasteiger charge is 2.38. The Kier molecular flexibility index (Phi) is 7.83. The molecule has 14 heteroatoms. The fraction of sp³-hybridized carbons (Fsp3) is 0.333. The molecule has 0 bridgehead atoms. The Hall–Kier alpha value is -4.17. The van der Waals surface area contributed by atoms with E-state index in [-0.39, 0.29) is 5.69 Å². The first-order valence-electron chi connectivity index (χ1n) is 11.5. The molecule has 0 saturated carbocycles. The second-order valence-corrected chi connectivity index (χ2v) is 8.49. The molecule has 1 aliphatic heterocycles. The number of benzene rings is 1. The van der Waals surface area contributed by atoms with Crippen molar-refractivity contribution in [2.75, 3.05) is 39.5 Å². The number of nitrogens with two attached hydrogens (primary N) is 1. The van der Waals surface area contributed by atoms with Crippen molar-refractivity contribution in [1.82, 2.24) is 24.6 Å². The zero-order chi connectivity index (χ0) is 27.4. The number of carboxylic acid groups (broad SMARTS) is 1. The molecule has 38 heavy (non-hydrogen) atoms. The number of ether oxygens (including phenoxy) is 2. The Morgan fingerprint density at radius 1 is 1.18 bits per heavy atom. The largest absolute Gasteiger partial charge is 0.492 e. The number of aromatic nitrogens is 4. The number of carboxylic acids is 1. The molecular weight excluding hydrogens is 509 g/mol. The number of alkyl halides is 3. The lowest BCUT2D eigenvalue weighted by Gasteiger charge is -2.26. The molecule has 1 fully saturated rings. The number of rotatable bonds is 6. The Morgan fingerprint density at radius 3 is 2.55 bits per heavy atom. The van der Waals surface area contributed by atoms with Gasteiger partial charge in [0.15, 0.2) is 5.65 Å². The van der Waals surface area contributed by atoms with Crippen molar-refractivity contribution >= 4 is 33.8 Å². The lowest BCUT2D eigenvalue weighted by molar-refractivity contribution is -0.192. The summed E-state index contributed by atoms with van der Waals surface area (Å²) in [7, 11) is 1.99. The summed E-state index contributed by atoms with van der Waals surface area (Å²) < 4.78 is 45.2. The van der Waals surface area contributed by atoms with Gasteiger partial charge >= 0.3 is 12.1 Å². The van der Waals surface area contributed by atoms with Crippen molar-refractivity contribution in [2.24, 2.45) is 12.8 Å². The van der Waals surface area contributed by atoms with E-state index in [1.54, 1.807) is 12.3 Å². The molecule has 0 aliphatic carbocycles. The third-order valence-corrected chi connectivity index (χ3v) is 5.95. The van der Waals surface area contributed by atoms with Crippen molar-refractivity contribution in [1.29, 1.82) is 0 Å². The smallest absolute Gasteiger partial charge is 0.490 e. The van der Waals surface area contributed by atoms with Gasteiger partial charge in [-0.05, 0) is 29.8 Å². The number of nitrogens with zero attached hydrogens (tertiary/aromatic N) is 4. The second-order valence-electron chi connectivity index (χ2n) is 8.49. The fourth-order valence-corrected chi connectivity index (χ4v) is 4.07. The first kappa shape index (κ1) is 26.9. The van der Waals surface area contributed by atoms with Crippen LogP contribution in [0, 0.1) is 0 Å². The van der Waals surface area contributed by atoms with Crippen LogP contribution in [0.1, 0.15) is 10.5 Å². The van der Waals surface area contributed by atoms with E-state index in [0.717, 1.165) is 66.0 Å². The Labute approximate surface area is 213 Å². The molecule has 4 aromatic rings. The van der Waals surface area contributed by atoms with Crippen molar-refractivity contribution in [3.8, 4) is 16.9 Å². The van der Waals surface area contributed by atoms with E-state index >= 15 is 0 Å². The summed E-state index contributed by atoms with van der Waals surface area (Å²) in [6.45, 7) is 4.92. The van der Waals surface area contributed by atoms with Crippen LogP contribution in [0.3, 0.4) is 0 Å². The van der Waals surface area contributed by atoms with Gasteiger partial charge in [-0.1, -0.05) is 0 Å². The number of aryl methyl sites for hydroxylation is 1. The standard InChI is InChI=1S/C22H24N6O3.C2HF3O2/c1-27-13-18(15-11-19(21(23)29)25-22-17(15)12-24-26-22)16-10-14(2-3-20(16)27)31-9-6-28-4-7-30-8-5-28;3-2(4,5)1(6)7/h2-3,10-13H,4-9H2,1H3,(H2,23,29)(H,24,25,26);(H,6,7). The first-order chi connectivity index (χ1) is 18.0. The van der Waals surface area contributed by atoms with E-state index in [4.69, 9.17) is 25.1 Å². The van der Waals surface area contributed by atoms with Crippen LogP contribution in [0.4, 0.5) is 13.2 Å². The zero-order valence-corrected chi connectivity index (χ0v) is 20.3. The highest BCUT2D eigenvalue weighted by molar-refractivity contribution is 6.06. The minimum atomic E-state index is -5.08. The number of carbonyl (C=O) groups is 2. The van der Waals surface area contributed by atoms with Gasteiger partial charge < -0.3 is 24.9 Å². The molecule has 0 atom stereocenters. The number of H-pyrrole nitrogens is 1. The first-order valence-corrected chi connectivity index (χ1v) is 11.5. The van der Waals surface area contributed by atoms with Crippen LogP contribution in [0.25, 0.3) is 33.1 Å². The van der Waals surface area contributed by atoms with Gasteiger partial charge in [0.25, 0.3) is 5.91 Å². The van der Waals surface area contributed by atoms with E-state index in [1.807, 2.05) is 31.4 Å². The van der Waals surface area contributed by atoms with E-state index < -0.39 is 18.1 Å². The summed E-state index contributed by atoms with van der Waals surface area (Å²) >= 11 is 0. The van der Waals surface area contributed by atoms with Gasteiger partial charge in [-0.3, -0.25) is 14.8 Å². The highest BCUT2D eigenvalue weighted by Crippen LogP contribution is 2.36. The number of morpholine rings is 1. The quantitative estimate of drug-likeness (QED) is 0.342. The fourth-order valence-electron chi connectivity index (χ4n) is 4.07. The number of fused-ring (bicyclic) bond motifs is 2. The average Bonchev–Trinajstić information content (AvgIpc) is 3.48. The summed E-state index contributed by atoms with van der Waals surface area (Å²) in [4.78, 5) is 27.3. The van der Waals surface area contributed by atoms with Gasteiger partial charge in [0.05, 0.1) is 19.4 Å². The maximum absolute atomic E-state index is 11.8. The van der Waals surface area contributed by atoms with Gasteiger partial charge in [0, 0.05) is 54.7 Å². The van der Waals surface area contributed by atoms with Crippen LogP contribution in [0.5, 0.6) is 5.75 Å². The van der Waals surface area contributed by atoms with E-state index in [0.29, 0.717) is 12.3 Å². The topological polar surface area (TPSA) is 149 Å². The number of nitrogens with one attached hydrogen (secondary N) is 1. The second kappa shape index (κ2) is 11.1. The predicted octanol–water partition coefficient (Wildman–Crippen LogP) is 2.56. The Bertz CT molecular complexity index is 1460. The number of hydrogen-bond acceptors (Lipinski definition) is 7. The maximum Gasteiger partial charge on any atom is 0.490 e. The van der Waals surface area contributed by atoms with E-state index in [9.17, 15) is 18.0 Å². The molecule has 1 saturated heterocycles. The van der Waals surface area contributed by atoms with Crippen LogP contribution >= 0.6 is 0 Å². The monoisotopic (exact) mass is 534 g/mol. The van der Waals surface area contributed by atoms with Gasteiger partial charge in [0.1, 0.15) is 18.1 Å². The van der Waals surface area contributed by atoms with E-state index in [1.165, 1.54) is 0 Å². The summed E-state index contributed by atoms with van der Waals surface area (Å²) in [5, 5.41) is 15.9. The highest BCUT2D eigenvalue weighted by atomic mass is 19.4. The minimum Gasteiger partial charge on any atom is -0.492 e. The number of hydrogen-bond donors (Lipinski definition) is 3. The maximum atomic E-state index is 11.8. The van der Waals surface area contributed by atoms with Crippen LogP contribution in [-0.4, -0.2) is 87.3 Å². The summed E-state index contributed by atoms with van der Waals surface area (Å²) in [5.74, 6) is -2.53. The van der Waals surface area contributed by atoms with Gasteiger partial charge in [0.2, 0.25) is 0 Å². The number of primary amides is 1. The molecule has 11 nitrogen and oxygen atoms in total. The average molecular weight is 534 g/mol. The molecule has 0 radical (unpaired) electrons. The molecule has 0 spiro atoms. The molecule has 4 heterocycles. The van der Waals surface area contributed by atoms with Crippen LogP contribution in [0.15, 0.2) is 36.7 Å². The molecule has 1 aliphatic rings. The molecule has 4 N–H and O–H groups in total. The van der Waals surface area contributed by atoms with Crippen molar-refractivity contribution < 1.29 is 37.3 Å². The molecule has 202 valence electrons. The van der Waals surface area contributed by atoms with E-state index in [2.05, 4.69) is 24.6 Å². The molecule has 1 aromatic carbocycles. The zero-order valence-electron chi connectivity index (χ0n) is 20.3. The van der Waals surface area contributed by atoms with Crippen molar-refractivity contribution in [3.63, 3.8) is 0 Å². The van der Waals surface area contributed by atoms with Crippen LogP contribution in [0.2, 0.25) is 0 Å². The summed E-state index contributed by atoms with van der Waals surface area (Å²) in [6.07, 6.45) is -1.33. The predicted molar refractivity (Wildman–Crippen MR) is 131 cm³/mol. The normalized spacial score (nSPS) is 14.3. The third-order valence-electron chi connectivity index (χ3n) is 5.95. The van der Waals surface area contributed by atoms with Crippen LogP contribution < -0.4 is 10.5 Å². The summed E-state index contributed by atoms with van der Waals surface area (Å²) in [6, 6.07) is 7.80. The molecule has 3 aromatic heterocycles. The van der Waals surface area contributed by atoms with Gasteiger partial charge in [-0.15, -0.1) is 0 Å². The molecular formula is C24H25F3N6O5. The number of carbonyl (C=O) groups excluding carboxylic acids is 1. The Balaban J connectivity index is 0.000000426. The number of aliphatic carboxylic acids is 1. The SMILES string of the molecule is Cn1cc(-c2cc(C(N)=O)nc3[nH]ncc23)c2cc(OCCN3CCOCC3)ccc21.O=C(O)C(F)(F)F. The minimum absolute atomic E-state index is 0.196. The lowest BCUT2D eigenvalue weighted by Crippen LogP contribution is -2.38. The van der Waals surface area contributed by atoms with Crippen LogP contribution in [-0.2, 0) is 16.6 Å². The van der Waals surface area contributed by atoms with Crippen molar-refractivity contribution in [3.05, 3.63) is 42.4 Å².